The third-order valence-corrected chi connectivity index (χ3v) is 7.17. The van der Waals surface area contributed by atoms with Crippen LogP contribution < -0.4 is 10.6 Å². The number of amides is 2. The number of aliphatic hydroxyl groups is 1. The normalized spacial score (nSPS) is 17.4. The number of hydrogen-bond acceptors (Lipinski definition) is 7. The molecule has 0 aromatic carbocycles. The topological polar surface area (TPSA) is 125 Å². The molecule has 4 heterocycles. The molecule has 1 atom stereocenters. The summed E-state index contributed by atoms with van der Waals surface area (Å²) in [5.41, 5.74) is 1.29. The number of carbonyl (C=O) groups excluding carboxylic acids is 3. The Balaban J connectivity index is 1.23. The Hall–Kier alpha value is -3.33. The maximum absolute atomic E-state index is 12.8. The van der Waals surface area contributed by atoms with E-state index in [1.165, 1.54) is 24.9 Å². The van der Waals surface area contributed by atoms with Crippen molar-refractivity contribution in [2.24, 2.45) is 0 Å². The van der Waals surface area contributed by atoms with E-state index in [-0.39, 0.29) is 24.5 Å². The monoisotopic (exact) mass is 493 g/mol. The highest BCUT2D eigenvalue weighted by Gasteiger charge is 2.43. The molecule has 0 spiro atoms. The Bertz CT molecular complexity index is 1080. The van der Waals surface area contributed by atoms with E-state index < -0.39 is 17.6 Å². The molecule has 0 aliphatic carbocycles. The number of Topliss-reactive ketones (excluding diaryl/α,β-unsaturated/α-hetero) is 1. The number of rotatable bonds is 9. The first-order chi connectivity index (χ1) is 17.4. The maximum atomic E-state index is 12.8. The zero-order valence-corrected chi connectivity index (χ0v) is 20.8. The van der Waals surface area contributed by atoms with E-state index in [0.717, 1.165) is 50.2 Å². The second-order valence-electron chi connectivity index (χ2n) is 9.79. The van der Waals surface area contributed by atoms with Gasteiger partial charge in [-0.3, -0.25) is 19.4 Å². The number of pyridine rings is 2. The van der Waals surface area contributed by atoms with Crippen molar-refractivity contribution >= 4 is 23.4 Å². The summed E-state index contributed by atoms with van der Waals surface area (Å²) in [6.07, 6.45) is 8.58. The minimum absolute atomic E-state index is 0.0531. The molecule has 2 aromatic heterocycles. The summed E-state index contributed by atoms with van der Waals surface area (Å²) in [6, 6.07) is 6.30. The van der Waals surface area contributed by atoms with Gasteiger partial charge in [-0.2, -0.15) is 0 Å². The van der Waals surface area contributed by atoms with Gasteiger partial charge in [-0.05, 0) is 75.6 Å². The zero-order chi connectivity index (χ0) is 25.5. The number of anilines is 1. The molecular formula is C27H35N5O4. The van der Waals surface area contributed by atoms with Crippen LogP contribution in [-0.2, 0) is 22.4 Å². The highest BCUT2D eigenvalue weighted by Crippen LogP contribution is 2.27. The second-order valence-corrected chi connectivity index (χ2v) is 9.79. The van der Waals surface area contributed by atoms with Gasteiger partial charge in [0.25, 0.3) is 5.91 Å². The lowest BCUT2D eigenvalue weighted by molar-refractivity contribution is -0.139. The number of likely N-dealkylation sites (tertiary alicyclic amines) is 1. The van der Waals surface area contributed by atoms with Crippen molar-refractivity contribution in [2.45, 2.75) is 69.9 Å². The van der Waals surface area contributed by atoms with Gasteiger partial charge < -0.3 is 20.6 Å². The molecule has 0 bridgehead atoms. The summed E-state index contributed by atoms with van der Waals surface area (Å²) in [4.78, 5) is 48.0. The minimum atomic E-state index is -1.39. The number of aromatic nitrogens is 2. The first kappa shape index (κ1) is 25.8. The number of nitrogens with zero attached hydrogens (tertiary/aromatic N) is 3. The fraction of sp³-hybridized carbons (Fsp3) is 0.519. The highest BCUT2D eigenvalue weighted by molar-refractivity contribution is 5.97. The van der Waals surface area contributed by atoms with Gasteiger partial charge in [-0.1, -0.05) is 6.07 Å². The van der Waals surface area contributed by atoms with Gasteiger partial charge in [0, 0.05) is 49.7 Å². The molecule has 3 N–H and O–H groups in total. The molecule has 1 unspecified atom stereocenters. The third-order valence-electron chi connectivity index (χ3n) is 7.17. The van der Waals surface area contributed by atoms with Crippen LogP contribution >= 0.6 is 0 Å². The standard InChI is InChI=1S/C27H35N5O4/c1-19(33)24(31-26(35)21-10-15-28-16-11-21)27(36)12-17-32(18-13-27)23(34)7-3-2-6-22-9-8-20-5-4-14-29-25(20)30-22/h8-11,15-16,24,36H,2-7,12-14,17-18H2,1H3,(H,29,30)(H,31,35). The summed E-state index contributed by atoms with van der Waals surface area (Å²) in [5, 5.41) is 17.3. The Morgan fingerprint density at radius 1 is 1.14 bits per heavy atom. The van der Waals surface area contributed by atoms with E-state index in [1.807, 2.05) is 0 Å². The fourth-order valence-corrected chi connectivity index (χ4v) is 5.01. The third kappa shape index (κ3) is 6.26. The molecule has 2 aliphatic heterocycles. The van der Waals surface area contributed by atoms with Crippen LogP contribution in [0, 0.1) is 0 Å². The Kier molecular flexibility index (Phi) is 8.30. The largest absolute Gasteiger partial charge is 0.387 e. The van der Waals surface area contributed by atoms with Crippen molar-refractivity contribution in [3.63, 3.8) is 0 Å². The maximum Gasteiger partial charge on any atom is 0.252 e. The fourth-order valence-electron chi connectivity index (χ4n) is 5.01. The number of piperidine rings is 1. The molecule has 9 nitrogen and oxygen atoms in total. The molecule has 0 saturated carbocycles. The van der Waals surface area contributed by atoms with Crippen LogP contribution in [0.2, 0.25) is 0 Å². The van der Waals surface area contributed by atoms with Gasteiger partial charge in [0.15, 0.2) is 5.78 Å². The summed E-state index contributed by atoms with van der Waals surface area (Å²) in [5.74, 6) is 0.299. The average molecular weight is 494 g/mol. The Morgan fingerprint density at radius 3 is 2.61 bits per heavy atom. The number of fused-ring (bicyclic) bond motifs is 1. The quantitative estimate of drug-likeness (QED) is 0.458. The van der Waals surface area contributed by atoms with Gasteiger partial charge in [0.2, 0.25) is 5.91 Å². The lowest BCUT2D eigenvalue weighted by atomic mass is 9.82. The van der Waals surface area contributed by atoms with Gasteiger partial charge in [-0.15, -0.1) is 0 Å². The first-order valence-corrected chi connectivity index (χ1v) is 12.8. The molecule has 0 radical (unpaired) electrons. The van der Waals surface area contributed by atoms with Crippen molar-refractivity contribution in [1.29, 1.82) is 0 Å². The minimum Gasteiger partial charge on any atom is -0.387 e. The van der Waals surface area contributed by atoms with Gasteiger partial charge in [0.1, 0.15) is 11.9 Å². The zero-order valence-electron chi connectivity index (χ0n) is 20.8. The van der Waals surface area contributed by atoms with Gasteiger partial charge in [-0.25, -0.2) is 4.98 Å². The van der Waals surface area contributed by atoms with E-state index in [2.05, 4.69) is 27.8 Å². The molecule has 36 heavy (non-hydrogen) atoms. The summed E-state index contributed by atoms with van der Waals surface area (Å²) >= 11 is 0. The molecule has 4 rings (SSSR count). The van der Waals surface area contributed by atoms with E-state index in [4.69, 9.17) is 4.98 Å². The number of hydrogen-bond donors (Lipinski definition) is 3. The van der Waals surface area contributed by atoms with Crippen LogP contribution in [-0.4, -0.2) is 68.8 Å². The second kappa shape index (κ2) is 11.6. The van der Waals surface area contributed by atoms with Crippen LogP contribution in [0.5, 0.6) is 0 Å². The van der Waals surface area contributed by atoms with E-state index in [9.17, 15) is 19.5 Å². The summed E-state index contributed by atoms with van der Waals surface area (Å²) in [6.45, 7) is 3.03. The van der Waals surface area contributed by atoms with Crippen LogP contribution in [0.25, 0.3) is 0 Å². The molecular weight excluding hydrogens is 458 g/mol. The van der Waals surface area contributed by atoms with Crippen LogP contribution in [0.3, 0.4) is 0 Å². The number of ketones is 1. The molecule has 1 fully saturated rings. The first-order valence-electron chi connectivity index (χ1n) is 12.8. The SMILES string of the molecule is CC(=O)C(NC(=O)c1ccncc1)C1(O)CCN(C(=O)CCCCc2ccc3c(n2)NCCC3)CC1. The van der Waals surface area contributed by atoms with E-state index in [1.54, 1.807) is 17.0 Å². The lowest BCUT2D eigenvalue weighted by Gasteiger charge is -2.42. The van der Waals surface area contributed by atoms with Gasteiger partial charge >= 0.3 is 0 Å². The molecule has 2 amide bonds. The predicted molar refractivity (Wildman–Crippen MR) is 136 cm³/mol. The summed E-state index contributed by atoms with van der Waals surface area (Å²) < 4.78 is 0. The molecule has 1 saturated heterocycles. The smallest absolute Gasteiger partial charge is 0.252 e. The number of nitrogens with one attached hydrogen (secondary N) is 2. The summed E-state index contributed by atoms with van der Waals surface area (Å²) in [7, 11) is 0. The van der Waals surface area contributed by atoms with Crippen molar-refractivity contribution in [3.8, 4) is 0 Å². The average Bonchev–Trinajstić information content (AvgIpc) is 2.90. The van der Waals surface area contributed by atoms with Crippen LogP contribution in [0.1, 0.15) is 67.1 Å². The number of unbranched alkanes of at least 4 members (excludes halogenated alkanes) is 1. The van der Waals surface area contributed by atoms with Crippen LogP contribution in [0.15, 0.2) is 36.7 Å². The van der Waals surface area contributed by atoms with Crippen molar-refractivity contribution < 1.29 is 19.5 Å². The van der Waals surface area contributed by atoms with Crippen molar-refractivity contribution in [2.75, 3.05) is 25.0 Å². The van der Waals surface area contributed by atoms with E-state index >= 15 is 0 Å². The predicted octanol–water partition coefficient (Wildman–Crippen LogP) is 2.29. The highest BCUT2D eigenvalue weighted by atomic mass is 16.3. The van der Waals surface area contributed by atoms with Crippen molar-refractivity contribution in [1.82, 2.24) is 20.2 Å². The van der Waals surface area contributed by atoms with Crippen molar-refractivity contribution in [3.05, 3.63) is 53.5 Å². The Morgan fingerprint density at radius 2 is 1.89 bits per heavy atom. The molecule has 9 heteroatoms. The number of carbonyl (C=O) groups is 3. The van der Waals surface area contributed by atoms with Crippen LogP contribution in [0.4, 0.5) is 5.82 Å². The molecule has 2 aromatic rings. The lowest BCUT2D eigenvalue weighted by Crippen LogP contribution is -2.61. The Labute approximate surface area is 211 Å². The van der Waals surface area contributed by atoms with Gasteiger partial charge in [0.05, 0.1) is 5.60 Å². The van der Waals surface area contributed by atoms with E-state index in [0.29, 0.717) is 25.1 Å². The number of aryl methyl sites for hydroxylation is 2. The molecule has 2 aliphatic rings. The molecule has 192 valence electrons.